The number of hydrogen-bond acceptors (Lipinski definition) is 6. The number of benzene rings is 1. The number of amides is 1. The molecule has 1 fully saturated rings. The van der Waals surface area contributed by atoms with Crippen molar-refractivity contribution in [3.63, 3.8) is 0 Å². The molecule has 4 rings (SSSR count). The van der Waals surface area contributed by atoms with Crippen LogP contribution in [-0.4, -0.2) is 45.7 Å². The predicted octanol–water partition coefficient (Wildman–Crippen LogP) is 3.94. The van der Waals surface area contributed by atoms with Crippen molar-refractivity contribution in [3.8, 4) is 11.3 Å². The molecule has 9 heteroatoms. The number of furan rings is 1. The van der Waals surface area contributed by atoms with Crippen LogP contribution in [0.15, 0.2) is 34.7 Å². The van der Waals surface area contributed by atoms with Gasteiger partial charge in [0.1, 0.15) is 11.6 Å². The number of sulfonamides is 1. The van der Waals surface area contributed by atoms with Crippen molar-refractivity contribution in [3.05, 3.63) is 47.0 Å². The van der Waals surface area contributed by atoms with Crippen molar-refractivity contribution in [2.24, 2.45) is 5.73 Å². The van der Waals surface area contributed by atoms with Gasteiger partial charge in [0.05, 0.1) is 17.2 Å². The predicted molar refractivity (Wildman–Crippen MR) is 135 cm³/mol. The number of nitrogens with two attached hydrogens (primary N) is 1. The highest BCUT2D eigenvalue weighted by Gasteiger charge is 2.34. The zero-order valence-electron chi connectivity index (χ0n) is 19.9. The van der Waals surface area contributed by atoms with Gasteiger partial charge in [0.25, 0.3) is 5.91 Å². The maximum absolute atomic E-state index is 12.9. The first-order chi connectivity index (χ1) is 16.2. The molecule has 0 unspecified atom stereocenters. The van der Waals surface area contributed by atoms with E-state index in [9.17, 15) is 13.2 Å². The van der Waals surface area contributed by atoms with Crippen LogP contribution in [0.4, 0.5) is 5.82 Å². The van der Waals surface area contributed by atoms with Crippen molar-refractivity contribution in [2.75, 3.05) is 30.7 Å². The third kappa shape index (κ3) is 4.95. The summed E-state index contributed by atoms with van der Waals surface area (Å²) in [5, 5.41) is 3.30. The lowest BCUT2D eigenvalue weighted by molar-refractivity contribution is 0.0964. The number of carbonyl (C=O) groups is 1. The summed E-state index contributed by atoms with van der Waals surface area (Å²) in [5.74, 6) is 0.773. The van der Waals surface area contributed by atoms with Crippen molar-refractivity contribution in [1.29, 1.82) is 0 Å². The molecule has 182 valence electrons. The van der Waals surface area contributed by atoms with Gasteiger partial charge in [-0.15, -0.1) is 0 Å². The molecule has 2 aromatic heterocycles. The summed E-state index contributed by atoms with van der Waals surface area (Å²) in [5.41, 5.74) is 8.96. The third-order valence-corrected chi connectivity index (χ3v) is 7.33. The SMILES string of the molecule is CNC(=O)c1c(-c2ccc(C)cc2)oc2nc(N(CCCCCN)S(C)(=O)=O)c(C3CC3)cc12. The highest BCUT2D eigenvalue weighted by atomic mass is 32.2. The Kier molecular flexibility index (Phi) is 6.95. The van der Waals surface area contributed by atoms with Crippen LogP contribution in [0.3, 0.4) is 0 Å². The fourth-order valence-corrected chi connectivity index (χ4v) is 5.11. The second-order valence-electron chi connectivity index (χ2n) is 8.96. The fraction of sp³-hybridized carbons (Fsp3) is 0.440. The molecular weight excluding hydrogens is 452 g/mol. The van der Waals surface area contributed by atoms with Crippen LogP contribution in [0.1, 0.15) is 59.5 Å². The minimum Gasteiger partial charge on any atom is -0.437 e. The lowest BCUT2D eigenvalue weighted by Gasteiger charge is -2.23. The molecule has 0 spiro atoms. The second kappa shape index (κ2) is 9.76. The van der Waals surface area contributed by atoms with E-state index >= 15 is 0 Å². The lowest BCUT2D eigenvalue weighted by atomic mass is 10.0. The number of pyridine rings is 1. The molecular formula is C25H32N4O4S. The van der Waals surface area contributed by atoms with Gasteiger partial charge in [0, 0.05) is 19.2 Å². The molecule has 3 aromatic rings. The standard InChI is InChI=1S/C25H32N4O4S/c1-16-7-9-18(10-8-16)22-21(24(30)27-2)20-15-19(17-11-12-17)23(28-25(20)33-22)29(34(3,31)32)14-6-4-5-13-26/h7-10,15,17H,4-6,11-14,26H2,1-3H3,(H,27,30). The van der Waals surface area contributed by atoms with E-state index < -0.39 is 10.0 Å². The molecule has 0 atom stereocenters. The van der Waals surface area contributed by atoms with Gasteiger partial charge in [-0.1, -0.05) is 36.2 Å². The summed E-state index contributed by atoms with van der Waals surface area (Å²) >= 11 is 0. The van der Waals surface area contributed by atoms with Crippen LogP contribution in [0, 0.1) is 6.92 Å². The van der Waals surface area contributed by atoms with Crippen molar-refractivity contribution < 1.29 is 17.6 Å². The zero-order valence-corrected chi connectivity index (χ0v) is 20.7. The Labute approximate surface area is 200 Å². The van der Waals surface area contributed by atoms with Crippen LogP contribution in [0.25, 0.3) is 22.4 Å². The molecule has 1 saturated carbocycles. The summed E-state index contributed by atoms with van der Waals surface area (Å²) in [6.45, 7) is 2.89. The Balaban J connectivity index is 1.89. The molecule has 1 amide bonds. The zero-order chi connectivity index (χ0) is 24.5. The van der Waals surface area contributed by atoms with Gasteiger partial charge in [-0.3, -0.25) is 9.10 Å². The average molecular weight is 485 g/mol. The summed E-state index contributed by atoms with van der Waals surface area (Å²) in [4.78, 5) is 17.6. The normalized spacial score (nSPS) is 13.9. The van der Waals surface area contributed by atoms with Gasteiger partial charge in [0.2, 0.25) is 15.7 Å². The Bertz CT molecular complexity index is 1290. The molecule has 34 heavy (non-hydrogen) atoms. The van der Waals surface area contributed by atoms with Gasteiger partial charge >= 0.3 is 0 Å². The molecule has 8 nitrogen and oxygen atoms in total. The first-order valence-electron chi connectivity index (χ1n) is 11.7. The smallest absolute Gasteiger partial charge is 0.255 e. The Morgan fingerprint density at radius 3 is 2.50 bits per heavy atom. The first-order valence-corrected chi connectivity index (χ1v) is 13.5. The molecule has 0 saturated heterocycles. The number of nitrogens with zero attached hydrogens (tertiary/aromatic N) is 2. The van der Waals surface area contributed by atoms with Crippen molar-refractivity contribution >= 4 is 32.8 Å². The molecule has 1 aliphatic rings. The highest BCUT2D eigenvalue weighted by molar-refractivity contribution is 7.92. The summed E-state index contributed by atoms with van der Waals surface area (Å²) in [6, 6.07) is 9.62. The summed E-state index contributed by atoms with van der Waals surface area (Å²) in [6.07, 6.45) is 5.49. The van der Waals surface area contributed by atoms with Crippen molar-refractivity contribution in [2.45, 2.75) is 44.9 Å². The monoisotopic (exact) mass is 484 g/mol. The molecule has 2 heterocycles. The lowest BCUT2D eigenvalue weighted by Crippen LogP contribution is -2.32. The summed E-state index contributed by atoms with van der Waals surface area (Å²) < 4.78 is 33.1. The first kappa shape index (κ1) is 24.2. The van der Waals surface area contributed by atoms with Crippen molar-refractivity contribution in [1.82, 2.24) is 10.3 Å². The van der Waals surface area contributed by atoms with Crippen LogP contribution < -0.4 is 15.4 Å². The largest absolute Gasteiger partial charge is 0.437 e. The van der Waals surface area contributed by atoms with E-state index in [2.05, 4.69) is 5.32 Å². The maximum atomic E-state index is 12.9. The molecule has 1 aliphatic carbocycles. The van der Waals surface area contributed by atoms with Gasteiger partial charge < -0.3 is 15.5 Å². The number of fused-ring (bicyclic) bond motifs is 1. The minimum atomic E-state index is -3.56. The van der Waals surface area contributed by atoms with Crippen LogP contribution in [0.2, 0.25) is 0 Å². The van der Waals surface area contributed by atoms with E-state index in [4.69, 9.17) is 15.1 Å². The van der Waals surface area contributed by atoms with E-state index in [-0.39, 0.29) is 17.5 Å². The number of carbonyl (C=O) groups excluding carboxylic acids is 1. The number of unbranched alkanes of at least 4 members (excludes halogenated alkanes) is 2. The molecule has 0 bridgehead atoms. The van der Waals surface area contributed by atoms with E-state index in [0.717, 1.165) is 42.4 Å². The Hall–Kier alpha value is -2.91. The number of aryl methyl sites for hydroxylation is 1. The number of anilines is 1. The van der Waals surface area contributed by atoms with E-state index in [1.807, 2.05) is 37.3 Å². The highest BCUT2D eigenvalue weighted by Crippen LogP contribution is 2.46. The molecule has 3 N–H and O–H groups in total. The van der Waals surface area contributed by atoms with Crippen LogP contribution in [0.5, 0.6) is 0 Å². The number of nitrogens with one attached hydrogen (secondary N) is 1. The number of aromatic nitrogens is 1. The van der Waals surface area contributed by atoms with Gasteiger partial charge in [-0.2, -0.15) is 4.98 Å². The second-order valence-corrected chi connectivity index (χ2v) is 10.9. The van der Waals surface area contributed by atoms with Crippen LogP contribution in [-0.2, 0) is 10.0 Å². The number of hydrogen-bond donors (Lipinski definition) is 2. The van der Waals surface area contributed by atoms with Crippen LogP contribution >= 0.6 is 0 Å². The van der Waals surface area contributed by atoms with Gasteiger partial charge in [-0.25, -0.2) is 8.42 Å². The quantitative estimate of drug-likeness (QED) is 0.421. The molecule has 0 radical (unpaired) electrons. The molecule has 0 aliphatic heterocycles. The number of rotatable bonds is 10. The van der Waals surface area contributed by atoms with E-state index in [1.165, 1.54) is 10.6 Å². The van der Waals surface area contributed by atoms with Gasteiger partial charge in [0.15, 0.2) is 0 Å². The molecule has 1 aromatic carbocycles. The Morgan fingerprint density at radius 2 is 1.91 bits per heavy atom. The fourth-order valence-electron chi connectivity index (χ4n) is 4.19. The summed E-state index contributed by atoms with van der Waals surface area (Å²) in [7, 11) is -1.98. The minimum absolute atomic E-state index is 0.218. The third-order valence-electron chi connectivity index (χ3n) is 6.18. The van der Waals surface area contributed by atoms with E-state index in [1.54, 1.807) is 7.05 Å². The maximum Gasteiger partial charge on any atom is 0.255 e. The Morgan fingerprint density at radius 1 is 1.21 bits per heavy atom. The van der Waals surface area contributed by atoms with Gasteiger partial charge in [-0.05, 0) is 56.7 Å². The van der Waals surface area contributed by atoms with E-state index in [0.29, 0.717) is 42.0 Å². The average Bonchev–Trinajstić information content (AvgIpc) is 3.58. The topological polar surface area (TPSA) is 119 Å².